The van der Waals surface area contributed by atoms with Gasteiger partial charge in [-0.2, -0.15) is 8.42 Å². The zero-order chi connectivity index (χ0) is 11.1. The Morgan fingerprint density at radius 3 is 1.85 bits per heavy atom. The Balaban J connectivity index is 0. The predicted molar refractivity (Wildman–Crippen MR) is 42.5 cm³/mol. The molecule has 0 aliphatic heterocycles. The van der Waals surface area contributed by atoms with E-state index in [2.05, 4.69) is 4.18 Å². The van der Waals surface area contributed by atoms with Gasteiger partial charge in [-0.25, -0.2) is 8.98 Å². The van der Waals surface area contributed by atoms with Crippen molar-refractivity contribution in [3.63, 3.8) is 0 Å². The molecule has 80 valence electrons. The lowest BCUT2D eigenvalue weighted by Crippen LogP contribution is -2.13. The highest BCUT2D eigenvalue weighted by Gasteiger charge is 2.01. The van der Waals surface area contributed by atoms with E-state index in [4.69, 9.17) is 14.8 Å². The molecule has 0 aromatic carbocycles. The van der Waals surface area contributed by atoms with E-state index in [0.29, 0.717) is 0 Å². The summed E-state index contributed by atoms with van der Waals surface area (Å²) >= 11 is 0. The summed E-state index contributed by atoms with van der Waals surface area (Å²) in [6.07, 6.45) is -1.23. The maximum Gasteiger partial charge on any atom is 0.397 e. The Hall–Kier alpha value is -0.700. The van der Waals surface area contributed by atoms with Crippen LogP contribution in [0.3, 0.4) is 0 Å². The molecule has 0 aromatic rings. The van der Waals surface area contributed by atoms with Gasteiger partial charge in [0.2, 0.25) is 0 Å². The van der Waals surface area contributed by atoms with E-state index in [-0.39, 0.29) is 6.61 Å². The van der Waals surface area contributed by atoms with Crippen molar-refractivity contribution in [2.45, 2.75) is 20.0 Å². The minimum Gasteiger partial charge on any atom is -0.479 e. The lowest BCUT2D eigenvalue weighted by molar-refractivity contribution is -0.145. The summed E-state index contributed by atoms with van der Waals surface area (Å²) in [4.78, 5) is 9.45. The van der Waals surface area contributed by atoms with Crippen molar-refractivity contribution in [3.05, 3.63) is 0 Å². The lowest BCUT2D eigenvalue weighted by Gasteiger charge is -1.89. The van der Waals surface area contributed by atoms with E-state index in [0.717, 1.165) is 0 Å². The van der Waals surface area contributed by atoms with E-state index < -0.39 is 22.5 Å². The maximum absolute atomic E-state index is 9.56. The average Bonchev–Trinajstić information content (AvgIpc) is 1.85. The highest BCUT2D eigenvalue weighted by Crippen LogP contribution is 1.81. The molecule has 0 aromatic heterocycles. The molecule has 0 radical (unpaired) electrons. The first-order valence-corrected chi connectivity index (χ1v) is 4.60. The summed E-state index contributed by atoms with van der Waals surface area (Å²) in [5, 5.41) is 15.8. The first-order chi connectivity index (χ1) is 5.70. The minimum atomic E-state index is -4.17. The maximum atomic E-state index is 9.56. The van der Waals surface area contributed by atoms with Crippen molar-refractivity contribution in [1.29, 1.82) is 0 Å². The van der Waals surface area contributed by atoms with Gasteiger partial charge >= 0.3 is 16.4 Å². The molecule has 0 heterocycles. The van der Waals surface area contributed by atoms with E-state index in [1.807, 2.05) is 0 Å². The van der Waals surface area contributed by atoms with Crippen molar-refractivity contribution >= 4 is 16.4 Å². The molecule has 0 aliphatic rings. The lowest BCUT2D eigenvalue weighted by atomic mass is 10.4. The highest BCUT2D eigenvalue weighted by molar-refractivity contribution is 7.80. The molecule has 0 saturated carbocycles. The summed E-state index contributed by atoms with van der Waals surface area (Å²) in [6.45, 7) is 2.63. The fourth-order valence-corrected chi connectivity index (χ4v) is 0.447. The molecule has 1 unspecified atom stereocenters. The molecular formula is C5H12O7S. The van der Waals surface area contributed by atoms with Crippen LogP contribution < -0.4 is 0 Å². The minimum absolute atomic E-state index is 0.0289. The standard InChI is InChI=1S/C3H6O3.C2H6O4S/c1-2(4)3(5)6;1-2-6-7(3,4)5/h2,4H,1H3,(H,5,6);2H2,1H3,(H,3,4,5). The molecule has 0 spiro atoms. The third-order valence-electron chi connectivity index (χ3n) is 0.624. The van der Waals surface area contributed by atoms with Crippen LogP contribution in [0.25, 0.3) is 0 Å². The van der Waals surface area contributed by atoms with Crippen LogP contribution in [-0.4, -0.2) is 41.9 Å². The molecule has 3 N–H and O–H groups in total. The third kappa shape index (κ3) is 18.3. The number of rotatable bonds is 3. The molecule has 0 rings (SSSR count). The number of carbonyl (C=O) groups is 1. The topological polar surface area (TPSA) is 121 Å². The monoisotopic (exact) mass is 216 g/mol. The second-order valence-corrected chi connectivity index (χ2v) is 2.94. The summed E-state index contributed by atoms with van der Waals surface area (Å²) in [7, 11) is -4.17. The van der Waals surface area contributed by atoms with Gasteiger partial charge in [-0.15, -0.1) is 0 Å². The first-order valence-electron chi connectivity index (χ1n) is 3.23. The van der Waals surface area contributed by atoms with Gasteiger partial charge in [-0.1, -0.05) is 0 Å². The largest absolute Gasteiger partial charge is 0.479 e. The van der Waals surface area contributed by atoms with Crippen LogP contribution in [0.2, 0.25) is 0 Å². The highest BCUT2D eigenvalue weighted by atomic mass is 32.3. The normalized spacial score (nSPS) is 12.6. The molecule has 1 atom stereocenters. The van der Waals surface area contributed by atoms with Crippen molar-refractivity contribution in [2.24, 2.45) is 0 Å². The van der Waals surface area contributed by atoms with Gasteiger partial charge in [0.05, 0.1) is 6.61 Å². The Labute approximate surface area is 75.9 Å². The Bertz CT molecular complexity index is 229. The van der Waals surface area contributed by atoms with Crippen LogP contribution in [0.15, 0.2) is 0 Å². The number of aliphatic hydroxyl groups excluding tert-OH is 1. The van der Waals surface area contributed by atoms with Gasteiger partial charge in [0.15, 0.2) is 0 Å². The number of aliphatic carboxylic acids is 1. The molecule has 0 fully saturated rings. The zero-order valence-corrected chi connectivity index (χ0v) is 7.98. The number of carboxylic acid groups (broad SMARTS) is 1. The molecule has 7 nitrogen and oxygen atoms in total. The third-order valence-corrected chi connectivity index (χ3v) is 1.16. The number of hydrogen-bond donors (Lipinski definition) is 3. The fourth-order valence-electron chi connectivity index (χ4n) is 0.149. The van der Waals surface area contributed by atoms with Crippen LogP contribution in [0, 0.1) is 0 Å². The van der Waals surface area contributed by atoms with Gasteiger partial charge in [0.25, 0.3) is 0 Å². The number of carboxylic acids is 1. The summed E-state index contributed by atoms with van der Waals surface area (Å²) in [5.41, 5.74) is 0. The molecule has 0 saturated heterocycles. The quantitative estimate of drug-likeness (QED) is 0.532. The van der Waals surface area contributed by atoms with Gasteiger partial charge in [-0.05, 0) is 13.8 Å². The molecule has 0 amide bonds. The molecular weight excluding hydrogens is 204 g/mol. The van der Waals surface area contributed by atoms with Crippen molar-refractivity contribution in [1.82, 2.24) is 0 Å². The molecule has 8 heteroatoms. The Morgan fingerprint density at radius 1 is 1.54 bits per heavy atom. The van der Waals surface area contributed by atoms with Crippen LogP contribution in [-0.2, 0) is 19.4 Å². The molecule has 13 heavy (non-hydrogen) atoms. The van der Waals surface area contributed by atoms with E-state index in [1.54, 1.807) is 0 Å². The Kier molecular flexibility index (Phi) is 7.72. The van der Waals surface area contributed by atoms with Gasteiger partial charge in [0, 0.05) is 0 Å². The molecule has 0 bridgehead atoms. The van der Waals surface area contributed by atoms with Gasteiger partial charge < -0.3 is 10.2 Å². The second kappa shape index (κ2) is 6.78. The summed E-state index contributed by atoms with van der Waals surface area (Å²) in [6, 6.07) is 0. The average molecular weight is 216 g/mol. The van der Waals surface area contributed by atoms with Crippen molar-refractivity contribution in [3.8, 4) is 0 Å². The SMILES string of the molecule is CC(O)C(=O)O.CCOS(=O)(=O)O. The van der Waals surface area contributed by atoms with Crippen molar-refractivity contribution in [2.75, 3.05) is 6.61 Å². The van der Waals surface area contributed by atoms with Gasteiger partial charge in [0.1, 0.15) is 6.10 Å². The van der Waals surface area contributed by atoms with Crippen LogP contribution in [0.4, 0.5) is 0 Å². The van der Waals surface area contributed by atoms with Crippen LogP contribution in [0.5, 0.6) is 0 Å². The fraction of sp³-hybridized carbons (Fsp3) is 0.800. The second-order valence-electron chi connectivity index (χ2n) is 1.85. The number of aliphatic hydroxyl groups is 1. The summed E-state index contributed by atoms with van der Waals surface area (Å²) < 4.78 is 30.7. The predicted octanol–water partition coefficient (Wildman–Crippen LogP) is -0.722. The van der Waals surface area contributed by atoms with E-state index in [9.17, 15) is 13.2 Å². The number of hydrogen-bond acceptors (Lipinski definition) is 5. The van der Waals surface area contributed by atoms with Crippen LogP contribution in [0.1, 0.15) is 13.8 Å². The first kappa shape index (κ1) is 14.8. The Morgan fingerprint density at radius 2 is 1.85 bits per heavy atom. The summed E-state index contributed by atoms with van der Waals surface area (Å²) in [5.74, 6) is -1.19. The van der Waals surface area contributed by atoms with Crippen LogP contribution >= 0.6 is 0 Å². The van der Waals surface area contributed by atoms with Crippen molar-refractivity contribution < 1.29 is 32.2 Å². The zero-order valence-electron chi connectivity index (χ0n) is 7.17. The van der Waals surface area contributed by atoms with Gasteiger partial charge in [-0.3, -0.25) is 4.55 Å². The smallest absolute Gasteiger partial charge is 0.397 e. The molecule has 0 aliphatic carbocycles. The van der Waals surface area contributed by atoms with E-state index >= 15 is 0 Å². The van der Waals surface area contributed by atoms with E-state index in [1.165, 1.54) is 13.8 Å².